The van der Waals surface area contributed by atoms with Gasteiger partial charge in [0.05, 0.1) is 23.9 Å². The van der Waals surface area contributed by atoms with Gasteiger partial charge in [-0.25, -0.2) is 4.98 Å². The Hall–Kier alpha value is -2.64. The fourth-order valence-electron chi connectivity index (χ4n) is 2.91. The Bertz CT molecular complexity index is 1090. The molecule has 0 saturated heterocycles. The van der Waals surface area contributed by atoms with Crippen LogP contribution in [0, 0.1) is 13.8 Å². The van der Waals surface area contributed by atoms with Crippen LogP contribution in [-0.2, 0) is 4.79 Å². The number of aryl methyl sites for hydroxylation is 2. The predicted octanol–water partition coefficient (Wildman–Crippen LogP) is 6.25. The van der Waals surface area contributed by atoms with Crippen LogP contribution in [0.15, 0.2) is 46.3 Å². The van der Waals surface area contributed by atoms with Crippen molar-refractivity contribution in [1.82, 2.24) is 4.98 Å². The van der Waals surface area contributed by atoms with Gasteiger partial charge in [0.25, 0.3) is 0 Å². The molecule has 2 aromatic carbocycles. The molecule has 0 radical (unpaired) electrons. The first kappa shape index (κ1) is 22.1. The van der Waals surface area contributed by atoms with Crippen LogP contribution in [0.5, 0.6) is 11.5 Å². The second kappa shape index (κ2) is 9.91. The number of anilines is 1. The summed E-state index contributed by atoms with van der Waals surface area (Å²) in [5.41, 5.74) is 5.08. The minimum Gasteiger partial charge on any atom is -0.493 e. The number of benzene rings is 2. The molecule has 0 aliphatic carbocycles. The molecule has 0 aliphatic rings. The first-order valence-corrected chi connectivity index (χ1v) is 11.1. The summed E-state index contributed by atoms with van der Waals surface area (Å²) in [4.78, 5) is 16.9. The number of rotatable bonds is 7. The molecule has 1 N–H and O–H groups in total. The van der Waals surface area contributed by atoms with E-state index >= 15 is 0 Å². The number of thiazole rings is 1. The van der Waals surface area contributed by atoms with Crippen molar-refractivity contribution in [3.63, 3.8) is 0 Å². The van der Waals surface area contributed by atoms with Crippen LogP contribution in [0.4, 0.5) is 5.13 Å². The summed E-state index contributed by atoms with van der Waals surface area (Å²) in [5, 5.41) is 5.34. The third-order valence-electron chi connectivity index (χ3n) is 4.37. The molecular formula is C23H23BrN2O3S. The summed E-state index contributed by atoms with van der Waals surface area (Å²) in [7, 11) is 1.58. The van der Waals surface area contributed by atoms with Gasteiger partial charge < -0.3 is 9.47 Å². The summed E-state index contributed by atoms with van der Waals surface area (Å²) in [5.74, 6) is 0.994. The third kappa shape index (κ3) is 5.29. The van der Waals surface area contributed by atoms with Crippen LogP contribution in [0.1, 0.15) is 23.6 Å². The van der Waals surface area contributed by atoms with E-state index in [9.17, 15) is 4.79 Å². The largest absolute Gasteiger partial charge is 0.493 e. The Morgan fingerprint density at radius 3 is 2.80 bits per heavy atom. The molecule has 7 heteroatoms. The summed E-state index contributed by atoms with van der Waals surface area (Å²) in [6.45, 7) is 6.55. The number of hydrogen-bond donors (Lipinski definition) is 1. The lowest BCUT2D eigenvalue weighted by molar-refractivity contribution is -0.111. The standard InChI is InChI=1S/C23H23BrN2O3S/c1-5-29-22-18(24)11-16(12-20(22)28-4)8-9-21(27)26-23-25-19(13-30-23)17-10-14(2)6-7-15(17)3/h6-13H,5H2,1-4H3,(H,25,26,27)/b9-8+. The highest BCUT2D eigenvalue weighted by molar-refractivity contribution is 9.10. The van der Waals surface area contributed by atoms with Crippen LogP contribution >= 0.6 is 27.3 Å². The van der Waals surface area contributed by atoms with E-state index in [-0.39, 0.29) is 5.91 Å². The van der Waals surface area contributed by atoms with Crippen molar-refractivity contribution in [2.75, 3.05) is 19.0 Å². The fraction of sp³-hybridized carbons (Fsp3) is 0.217. The lowest BCUT2D eigenvalue weighted by Gasteiger charge is -2.12. The number of methoxy groups -OCH3 is 1. The molecule has 0 bridgehead atoms. The molecule has 0 spiro atoms. The molecule has 3 rings (SSSR count). The molecule has 156 valence electrons. The lowest BCUT2D eigenvalue weighted by Crippen LogP contribution is -2.07. The highest BCUT2D eigenvalue weighted by Gasteiger charge is 2.11. The maximum absolute atomic E-state index is 12.4. The number of nitrogens with one attached hydrogen (secondary N) is 1. The number of carbonyl (C=O) groups is 1. The van der Waals surface area contributed by atoms with E-state index in [1.54, 1.807) is 13.2 Å². The fourth-order valence-corrected chi connectivity index (χ4v) is 4.19. The van der Waals surface area contributed by atoms with Gasteiger partial charge in [-0.15, -0.1) is 11.3 Å². The minimum absolute atomic E-state index is 0.249. The first-order chi connectivity index (χ1) is 14.4. The zero-order valence-electron chi connectivity index (χ0n) is 17.3. The van der Waals surface area contributed by atoms with Crippen LogP contribution in [0.25, 0.3) is 17.3 Å². The molecule has 1 heterocycles. The van der Waals surface area contributed by atoms with E-state index in [4.69, 9.17) is 9.47 Å². The van der Waals surface area contributed by atoms with E-state index < -0.39 is 0 Å². The Balaban J connectivity index is 1.72. The normalized spacial score (nSPS) is 11.0. The maximum atomic E-state index is 12.4. The highest BCUT2D eigenvalue weighted by atomic mass is 79.9. The summed E-state index contributed by atoms with van der Waals surface area (Å²) < 4.78 is 11.7. The van der Waals surface area contributed by atoms with E-state index in [0.717, 1.165) is 26.9 Å². The number of carbonyl (C=O) groups excluding carboxylic acids is 1. The van der Waals surface area contributed by atoms with Crippen molar-refractivity contribution in [3.8, 4) is 22.8 Å². The van der Waals surface area contributed by atoms with Gasteiger partial charge in [-0.3, -0.25) is 10.1 Å². The zero-order chi connectivity index (χ0) is 21.7. The van der Waals surface area contributed by atoms with E-state index in [2.05, 4.69) is 58.3 Å². The molecule has 0 unspecified atom stereocenters. The van der Waals surface area contributed by atoms with Crippen molar-refractivity contribution in [2.24, 2.45) is 0 Å². The molecule has 0 saturated carbocycles. The number of halogens is 1. The van der Waals surface area contributed by atoms with Gasteiger partial charge in [0.2, 0.25) is 5.91 Å². The van der Waals surface area contributed by atoms with Gasteiger partial charge in [-0.1, -0.05) is 17.7 Å². The summed E-state index contributed by atoms with van der Waals surface area (Å²) in [6.07, 6.45) is 3.19. The number of hydrogen-bond acceptors (Lipinski definition) is 5. The molecule has 1 amide bonds. The number of nitrogens with zero attached hydrogens (tertiary/aromatic N) is 1. The third-order valence-corrected chi connectivity index (χ3v) is 5.72. The summed E-state index contributed by atoms with van der Waals surface area (Å²) in [6, 6.07) is 9.95. The van der Waals surface area contributed by atoms with Crippen LogP contribution in [-0.4, -0.2) is 24.6 Å². The number of ether oxygens (including phenoxy) is 2. The number of aromatic nitrogens is 1. The van der Waals surface area contributed by atoms with Crippen LogP contribution in [0.3, 0.4) is 0 Å². The Labute approximate surface area is 188 Å². The molecule has 5 nitrogen and oxygen atoms in total. The van der Waals surface area contributed by atoms with Gasteiger partial charge in [-0.2, -0.15) is 0 Å². The van der Waals surface area contributed by atoms with Gasteiger partial charge >= 0.3 is 0 Å². The van der Waals surface area contributed by atoms with Crippen molar-refractivity contribution in [1.29, 1.82) is 0 Å². The van der Waals surface area contributed by atoms with Gasteiger partial charge in [0.15, 0.2) is 16.6 Å². The Kier molecular flexibility index (Phi) is 7.29. The highest BCUT2D eigenvalue weighted by Crippen LogP contribution is 2.37. The second-order valence-electron chi connectivity index (χ2n) is 6.65. The first-order valence-electron chi connectivity index (χ1n) is 9.43. The topological polar surface area (TPSA) is 60.5 Å². The zero-order valence-corrected chi connectivity index (χ0v) is 19.7. The van der Waals surface area contributed by atoms with Gasteiger partial charge in [0, 0.05) is 17.0 Å². The van der Waals surface area contributed by atoms with Crippen molar-refractivity contribution in [3.05, 3.63) is 63.0 Å². The smallest absolute Gasteiger partial charge is 0.250 e. The molecule has 1 aromatic heterocycles. The molecule has 3 aromatic rings. The average molecular weight is 487 g/mol. The van der Waals surface area contributed by atoms with Crippen molar-refractivity contribution >= 4 is 44.4 Å². The molecule has 0 fully saturated rings. The molecule has 0 atom stereocenters. The van der Waals surface area contributed by atoms with Gasteiger partial charge in [0.1, 0.15) is 0 Å². The molecular weight excluding hydrogens is 464 g/mol. The van der Waals surface area contributed by atoms with Crippen molar-refractivity contribution < 1.29 is 14.3 Å². The van der Waals surface area contributed by atoms with Crippen LogP contribution < -0.4 is 14.8 Å². The van der Waals surface area contributed by atoms with E-state index in [0.29, 0.717) is 23.2 Å². The van der Waals surface area contributed by atoms with Crippen molar-refractivity contribution in [2.45, 2.75) is 20.8 Å². The Morgan fingerprint density at radius 2 is 2.07 bits per heavy atom. The lowest BCUT2D eigenvalue weighted by atomic mass is 10.0. The maximum Gasteiger partial charge on any atom is 0.250 e. The molecule has 0 aliphatic heterocycles. The predicted molar refractivity (Wildman–Crippen MR) is 127 cm³/mol. The monoisotopic (exact) mass is 486 g/mol. The number of amides is 1. The SMILES string of the molecule is CCOc1c(Br)cc(/C=C/C(=O)Nc2nc(-c3cc(C)ccc3C)cs2)cc1OC. The minimum atomic E-state index is -0.249. The van der Waals surface area contributed by atoms with E-state index in [1.165, 1.54) is 23.0 Å². The molecule has 30 heavy (non-hydrogen) atoms. The quantitative estimate of drug-likeness (QED) is 0.401. The Morgan fingerprint density at radius 1 is 1.27 bits per heavy atom. The van der Waals surface area contributed by atoms with Gasteiger partial charge in [-0.05, 0) is 72.1 Å². The summed E-state index contributed by atoms with van der Waals surface area (Å²) >= 11 is 4.89. The average Bonchev–Trinajstić information content (AvgIpc) is 3.18. The van der Waals surface area contributed by atoms with Crippen LogP contribution in [0.2, 0.25) is 0 Å². The second-order valence-corrected chi connectivity index (χ2v) is 8.36. The van der Waals surface area contributed by atoms with E-state index in [1.807, 2.05) is 24.4 Å².